The highest BCUT2D eigenvalue weighted by Gasteiger charge is 2.34. The van der Waals surface area contributed by atoms with Gasteiger partial charge in [0.05, 0.1) is 11.9 Å². The zero-order valence-corrected chi connectivity index (χ0v) is 18.4. The first kappa shape index (κ1) is 20.4. The summed E-state index contributed by atoms with van der Waals surface area (Å²) in [5.41, 5.74) is 1.71. The Balaban J connectivity index is 1.49. The van der Waals surface area contributed by atoms with E-state index in [0.717, 1.165) is 40.7 Å². The Bertz CT molecular complexity index is 1270. The lowest BCUT2D eigenvalue weighted by molar-refractivity contribution is -0.141. The number of nitrogens with zero attached hydrogens (tertiary/aromatic N) is 6. The summed E-state index contributed by atoms with van der Waals surface area (Å²) in [5.74, 6) is 1.11. The van der Waals surface area contributed by atoms with Crippen LogP contribution in [0.4, 0.5) is 13.2 Å². The maximum Gasteiger partial charge on any atom is 0.435 e. The minimum Gasteiger partial charge on any atom is -0.269 e. The zero-order valence-electron chi connectivity index (χ0n) is 17.6. The van der Waals surface area contributed by atoms with E-state index in [1.54, 1.807) is 29.1 Å². The third-order valence-corrected chi connectivity index (χ3v) is 7.40. The van der Waals surface area contributed by atoms with Crippen LogP contribution in [-0.2, 0) is 25.6 Å². The topological polar surface area (TPSA) is 60.9 Å². The van der Waals surface area contributed by atoms with Crippen LogP contribution in [0.1, 0.15) is 60.3 Å². The zero-order chi connectivity index (χ0) is 21.9. The number of fused-ring (bicyclic) bond motifs is 5. The molecular weight excluding hydrogens is 425 g/mol. The summed E-state index contributed by atoms with van der Waals surface area (Å²) in [4.78, 5) is 11.8. The normalized spacial score (nSPS) is 18.1. The van der Waals surface area contributed by atoms with E-state index in [4.69, 9.17) is 4.98 Å². The fraction of sp³-hybridized carbons (Fsp3) is 0.524. The molecule has 0 saturated heterocycles. The summed E-state index contributed by atoms with van der Waals surface area (Å²) in [7, 11) is 0. The first-order valence-corrected chi connectivity index (χ1v) is 11.3. The van der Waals surface area contributed by atoms with Gasteiger partial charge in [0.1, 0.15) is 11.2 Å². The molecule has 1 aliphatic rings. The summed E-state index contributed by atoms with van der Waals surface area (Å²) in [6.07, 6.45) is 1.71. The highest BCUT2D eigenvalue weighted by Crippen LogP contribution is 2.39. The molecule has 0 spiro atoms. The molecule has 4 aromatic heterocycles. The molecular formula is C21H23F3N6S. The van der Waals surface area contributed by atoms with Gasteiger partial charge in [-0.15, -0.1) is 16.4 Å². The van der Waals surface area contributed by atoms with Crippen molar-refractivity contribution in [2.24, 2.45) is 5.92 Å². The van der Waals surface area contributed by atoms with Gasteiger partial charge in [-0.05, 0) is 43.7 Å². The first-order chi connectivity index (χ1) is 14.7. The van der Waals surface area contributed by atoms with Crippen molar-refractivity contribution in [3.8, 4) is 0 Å². The maximum atomic E-state index is 13.0. The lowest BCUT2D eigenvalue weighted by atomic mass is 9.86. The Hall–Kier alpha value is -2.49. The third-order valence-electron chi connectivity index (χ3n) is 6.24. The van der Waals surface area contributed by atoms with E-state index in [1.165, 1.54) is 28.0 Å². The van der Waals surface area contributed by atoms with E-state index in [-0.39, 0.29) is 12.5 Å². The van der Waals surface area contributed by atoms with Crippen LogP contribution in [-0.4, -0.2) is 29.4 Å². The van der Waals surface area contributed by atoms with E-state index >= 15 is 0 Å². The van der Waals surface area contributed by atoms with E-state index in [0.29, 0.717) is 11.5 Å². The monoisotopic (exact) mass is 448 g/mol. The number of alkyl halides is 3. The first-order valence-electron chi connectivity index (χ1n) is 10.5. The summed E-state index contributed by atoms with van der Waals surface area (Å²) >= 11 is 1.75. The largest absolute Gasteiger partial charge is 0.435 e. The molecule has 0 unspecified atom stereocenters. The van der Waals surface area contributed by atoms with Gasteiger partial charge in [0, 0.05) is 16.5 Å². The molecule has 0 radical (unpaired) electrons. The molecule has 0 aliphatic heterocycles. The van der Waals surface area contributed by atoms with Gasteiger partial charge in [-0.25, -0.2) is 14.5 Å². The van der Waals surface area contributed by atoms with Gasteiger partial charge in [0.15, 0.2) is 17.2 Å². The lowest BCUT2D eigenvalue weighted by Crippen LogP contribution is -2.12. The number of hydrogen-bond acceptors (Lipinski definition) is 5. The van der Waals surface area contributed by atoms with Gasteiger partial charge in [0.25, 0.3) is 0 Å². The van der Waals surface area contributed by atoms with Crippen molar-refractivity contribution in [3.63, 3.8) is 0 Å². The van der Waals surface area contributed by atoms with Crippen molar-refractivity contribution < 1.29 is 13.2 Å². The summed E-state index contributed by atoms with van der Waals surface area (Å²) in [6, 6.07) is 1.07. The predicted octanol–water partition coefficient (Wildman–Crippen LogP) is 5.18. The molecule has 6 nitrogen and oxygen atoms in total. The minimum atomic E-state index is -4.45. The van der Waals surface area contributed by atoms with Crippen LogP contribution in [0.2, 0.25) is 0 Å². The van der Waals surface area contributed by atoms with Gasteiger partial charge < -0.3 is 0 Å². The van der Waals surface area contributed by atoms with Crippen LogP contribution in [0.15, 0.2) is 12.4 Å². The highest BCUT2D eigenvalue weighted by molar-refractivity contribution is 7.19. The van der Waals surface area contributed by atoms with Crippen molar-refractivity contribution in [3.05, 3.63) is 40.0 Å². The number of rotatable bonds is 4. The Morgan fingerprint density at radius 2 is 2.10 bits per heavy atom. The lowest BCUT2D eigenvalue weighted by Gasteiger charge is -2.20. The average molecular weight is 449 g/mol. The van der Waals surface area contributed by atoms with E-state index in [2.05, 4.69) is 22.1 Å². The molecule has 0 fully saturated rings. The van der Waals surface area contributed by atoms with Gasteiger partial charge >= 0.3 is 6.18 Å². The van der Waals surface area contributed by atoms with Crippen LogP contribution in [0.5, 0.6) is 0 Å². The molecule has 4 heterocycles. The summed E-state index contributed by atoms with van der Waals surface area (Å²) in [6.45, 7) is 6.04. The smallest absolute Gasteiger partial charge is 0.269 e. The molecule has 0 bridgehead atoms. The van der Waals surface area contributed by atoms with Crippen LogP contribution in [0, 0.1) is 12.8 Å². The number of halogens is 3. The molecule has 0 amide bonds. The number of aryl methyl sites for hydroxylation is 2. The van der Waals surface area contributed by atoms with E-state index in [9.17, 15) is 13.2 Å². The van der Waals surface area contributed by atoms with Crippen LogP contribution in [0.25, 0.3) is 15.9 Å². The fourth-order valence-corrected chi connectivity index (χ4v) is 5.69. The van der Waals surface area contributed by atoms with Crippen molar-refractivity contribution in [2.75, 3.05) is 0 Å². The van der Waals surface area contributed by atoms with Gasteiger partial charge in [-0.3, -0.25) is 4.68 Å². The van der Waals surface area contributed by atoms with Crippen molar-refractivity contribution in [2.45, 2.75) is 65.1 Å². The summed E-state index contributed by atoms with van der Waals surface area (Å²) < 4.78 is 42.0. The minimum absolute atomic E-state index is 0.200. The second-order valence-electron chi connectivity index (χ2n) is 8.44. The number of aromatic nitrogens is 6. The van der Waals surface area contributed by atoms with Crippen molar-refractivity contribution in [1.82, 2.24) is 29.4 Å². The summed E-state index contributed by atoms with van der Waals surface area (Å²) in [5, 5.41) is 9.40. The molecule has 31 heavy (non-hydrogen) atoms. The van der Waals surface area contributed by atoms with Gasteiger partial charge in [-0.2, -0.15) is 18.3 Å². The molecule has 10 heteroatoms. The molecule has 0 aromatic carbocycles. The Morgan fingerprint density at radius 1 is 1.29 bits per heavy atom. The molecule has 2 atom stereocenters. The quantitative estimate of drug-likeness (QED) is 0.432. The van der Waals surface area contributed by atoms with Crippen molar-refractivity contribution in [1.29, 1.82) is 0 Å². The predicted molar refractivity (Wildman–Crippen MR) is 112 cm³/mol. The molecule has 0 saturated carbocycles. The van der Waals surface area contributed by atoms with Crippen LogP contribution >= 0.6 is 11.3 Å². The molecule has 4 aromatic rings. The van der Waals surface area contributed by atoms with Crippen molar-refractivity contribution >= 4 is 27.2 Å². The standard InChI is InChI=1S/C21H23F3N6S/c1-4-13-5-6-14-15(8-13)31-20-17(14)19-26-18(28-30(19)10-25-20)11(2)9-29-12(3)7-16(27-29)21(22,23)24/h7,10-11,13H,4-6,8-9H2,1-3H3/t11-,13+/m0/s1. The van der Waals surface area contributed by atoms with E-state index in [1.807, 2.05) is 6.92 Å². The van der Waals surface area contributed by atoms with Crippen LogP contribution < -0.4 is 0 Å². The SMILES string of the molecule is CC[C@@H]1CCc2c(sc3ncn4nc([C@@H](C)Cn5nc(C(F)(F)F)cc5C)nc4c23)C1. The average Bonchev–Trinajstić information content (AvgIpc) is 3.41. The molecule has 5 rings (SSSR count). The third kappa shape index (κ3) is 3.50. The van der Waals surface area contributed by atoms with Crippen LogP contribution in [0.3, 0.4) is 0 Å². The Kier molecular flexibility index (Phi) is 4.80. The Labute approximate surface area is 181 Å². The molecule has 164 valence electrons. The molecule has 1 aliphatic carbocycles. The fourth-order valence-electron chi connectivity index (χ4n) is 4.39. The second-order valence-corrected chi connectivity index (χ2v) is 9.52. The Morgan fingerprint density at radius 3 is 2.81 bits per heavy atom. The molecule has 0 N–H and O–H groups in total. The second kappa shape index (κ2) is 7.29. The maximum absolute atomic E-state index is 13.0. The highest BCUT2D eigenvalue weighted by atomic mass is 32.1. The van der Waals surface area contributed by atoms with Gasteiger partial charge in [0.2, 0.25) is 0 Å². The number of thiophene rings is 1. The number of hydrogen-bond donors (Lipinski definition) is 0. The van der Waals surface area contributed by atoms with Gasteiger partial charge in [-0.1, -0.05) is 20.3 Å². The van der Waals surface area contributed by atoms with E-state index < -0.39 is 11.9 Å².